The first-order valence-electron chi connectivity index (χ1n) is 7.46. The van der Waals surface area contributed by atoms with Crippen molar-refractivity contribution in [3.8, 4) is 0 Å². The number of fused-ring (bicyclic) bond motifs is 1. The number of nitrogens with zero attached hydrogens (tertiary/aromatic N) is 2. The van der Waals surface area contributed by atoms with Crippen molar-refractivity contribution in [2.24, 2.45) is 13.0 Å². The zero-order valence-corrected chi connectivity index (χ0v) is 12.3. The van der Waals surface area contributed by atoms with Crippen LogP contribution in [0.15, 0.2) is 24.3 Å². The van der Waals surface area contributed by atoms with E-state index in [1.54, 1.807) is 0 Å². The molecule has 0 spiro atoms. The Labute approximate surface area is 120 Å². The van der Waals surface area contributed by atoms with Crippen molar-refractivity contribution in [1.82, 2.24) is 15.1 Å². The molecule has 1 aliphatic rings. The van der Waals surface area contributed by atoms with Crippen molar-refractivity contribution in [2.75, 3.05) is 20.3 Å². The fraction of sp³-hybridized carbons (Fsp3) is 0.562. The number of hydrogen-bond acceptors (Lipinski definition) is 3. The summed E-state index contributed by atoms with van der Waals surface area (Å²) in [5.74, 6) is 0.738. The Morgan fingerprint density at radius 1 is 1.35 bits per heavy atom. The summed E-state index contributed by atoms with van der Waals surface area (Å²) < 4.78 is 7.44. The van der Waals surface area contributed by atoms with Gasteiger partial charge in [0.2, 0.25) is 0 Å². The molecule has 1 N–H and O–H groups in total. The Morgan fingerprint density at radius 2 is 2.10 bits per heavy atom. The molecule has 2 heterocycles. The van der Waals surface area contributed by atoms with Crippen molar-refractivity contribution in [3.63, 3.8) is 0 Å². The molecule has 1 unspecified atom stereocenters. The monoisotopic (exact) mass is 273 g/mol. The lowest BCUT2D eigenvalue weighted by Gasteiger charge is -2.25. The molecule has 1 atom stereocenters. The Morgan fingerprint density at radius 3 is 2.85 bits per heavy atom. The summed E-state index contributed by atoms with van der Waals surface area (Å²) in [6.45, 7) is 1.81. The maximum absolute atomic E-state index is 5.45. The van der Waals surface area contributed by atoms with E-state index in [0.29, 0.717) is 6.04 Å². The number of hydrogen-bond donors (Lipinski definition) is 1. The van der Waals surface area contributed by atoms with Crippen LogP contribution in [-0.4, -0.2) is 30.0 Å². The maximum Gasteiger partial charge on any atom is 0.0872 e. The van der Waals surface area contributed by atoms with Crippen molar-refractivity contribution in [1.29, 1.82) is 0 Å². The van der Waals surface area contributed by atoms with Crippen molar-refractivity contribution >= 4 is 10.9 Å². The minimum atomic E-state index is 0.323. The predicted octanol–water partition coefficient (Wildman–Crippen LogP) is 2.65. The number of benzene rings is 1. The minimum Gasteiger partial charge on any atom is -0.381 e. The van der Waals surface area contributed by atoms with E-state index >= 15 is 0 Å². The summed E-state index contributed by atoms with van der Waals surface area (Å²) in [6, 6.07) is 8.79. The molecule has 1 fully saturated rings. The second-order valence-corrected chi connectivity index (χ2v) is 5.66. The molecule has 0 aliphatic carbocycles. The molecule has 2 aromatic rings. The third-order valence-corrected chi connectivity index (χ3v) is 4.37. The van der Waals surface area contributed by atoms with Gasteiger partial charge in [-0.1, -0.05) is 18.2 Å². The van der Waals surface area contributed by atoms with Crippen LogP contribution in [0.4, 0.5) is 0 Å². The number of rotatable bonds is 4. The number of ether oxygens (including phenoxy) is 1. The summed E-state index contributed by atoms with van der Waals surface area (Å²) in [7, 11) is 4.06. The van der Waals surface area contributed by atoms with Gasteiger partial charge in [-0.15, -0.1) is 0 Å². The minimum absolute atomic E-state index is 0.323. The van der Waals surface area contributed by atoms with Gasteiger partial charge < -0.3 is 10.1 Å². The van der Waals surface area contributed by atoms with Gasteiger partial charge in [-0.2, -0.15) is 5.10 Å². The van der Waals surface area contributed by atoms with Crippen LogP contribution in [0.2, 0.25) is 0 Å². The fourth-order valence-corrected chi connectivity index (χ4v) is 3.18. The average molecular weight is 273 g/mol. The van der Waals surface area contributed by atoms with Crippen LogP contribution in [0.5, 0.6) is 0 Å². The van der Waals surface area contributed by atoms with E-state index in [0.717, 1.165) is 25.6 Å². The first-order valence-corrected chi connectivity index (χ1v) is 7.46. The van der Waals surface area contributed by atoms with Gasteiger partial charge in [-0.25, -0.2) is 0 Å². The highest BCUT2D eigenvalue weighted by atomic mass is 16.5. The van der Waals surface area contributed by atoms with E-state index in [-0.39, 0.29) is 0 Å². The molecular formula is C16H23N3O. The number of nitrogens with one attached hydrogen (secondary N) is 1. The molecule has 1 saturated heterocycles. The van der Waals surface area contributed by atoms with E-state index in [9.17, 15) is 0 Å². The quantitative estimate of drug-likeness (QED) is 0.931. The highest BCUT2D eigenvalue weighted by Crippen LogP contribution is 2.30. The highest BCUT2D eigenvalue weighted by molar-refractivity contribution is 5.82. The van der Waals surface area contributed by atoms with Gasteiger partial charge in [0.1, 0.15) is 0 Å². The third-order valence-electron chi connectivity index (χ3n) is 4.37. The first kappa shape index (κ1) is 13.6. The normalized spacial score (nSPS) is 18.5. The summed E-state index contributed by atoms with van der Waals surface area (Å²) in [6.07, 6.45) is 3.48. The highest BCUT2D eigenvalue weighted by Gasteiger charge is 2.23. The first-order chi connectivity index (χ1) is 9.79. The fourth-order valence-electron chi connectivity index (χ4n) is 3.18. The molecule has 0 bridgehead atoms. The van der Waals surface area contributed by atoms with Crippen molar-refractivity contribution in [3.05, 3.63) is 30.0 Å². The molecule has 0 amide bonds. The lowest BCUT2D eigenvalue weighted by Crippen LogP contribution is -2.24. The van der Waals surface area contributed by atoms with Gasteiger partial charge in [0.05, 0.1) is 17.3 Å². The summed E-state index contributed by atoms with van der Waals surface area (Å²) in [5, 5.41) is 9.47. The van der Waals surface area contributed by atoms with E-state index < -0.39 is 0 Å². The smallest absolute Gasteiger partial charge is 0.0872 e. The number of aromatic nitrogens is 2. The van der Waals surface area contributed by atoms with Gasteiger partial charge in [0.25, 0.3) is 0 Å². The van der Waals surface area contributed by atoms with E-state index in [1.165, 1.54) is 29.4 Å². The van der Waals surface area contributed by atoms with Gasteiger partial charge in [-0.05, 0) is 38.3 Å². The predicted molar refractivity (Wildman–Crippen MR) is 80.7 cm³/mol. The van der Waals surface area contributed by atoms with E-state index in [2.05, 4.69) is 29.6 Å². The lowest BCUT2D eigenvalue weighted by atomic mass is 9.90. The Kier molecular flexibility index (Phi) is 4.03. The summed E-state index contributed by atoms with van der Waals surface area (Å²) in [5.41, 5.74) is 2.38. The molecule has 20 heavy (non-hydrogen) atoms. The number of para-hydroxylation sites is 1. The second kappa shape index (κ2) is 5.94. The average Bonchev–Trinajstić information content (AvgIpc) is 2.84. The maximum atomic E-state index is 5.45. The third kappa shape index (κ3) is 2.58. The Balaban J connectivity index is 1.87. The van der Waals surface area contributed by atoms with Crippen LogP contribution in [0.25, 0.3) is 10.9 Å². The van der Waals surface area contributed by atoms with Crippen LogP contribution >= 0.6 is 0 Å². The van der Waals surface area contributed by atoms with E-state index in [1.807, 2.05) is 18.8 Å². The molecule has 1 aromatic heterocycles. The molecule has 1 aromatic carbocycles. The molecule has 4 heteroatoms. The zero-order chi connectivity index (χ0) is 13.9. The molecule has 4 nitrogen and oxygen atoms in total. The van der Waals surface area contributed by atoms with Gasteiger partial charge in [0.15, 0.2) is 0 Å². The topological polar surface area (TPSA) is 39.1 Å². The molecule has 0 radical (unpaired) electrons. The molecular weight excluding hydrogens is 250 g/mol. The largest absolute Gasteiger partial charge is 0.381 e. The van der Waals surface area contributed by atoms with Crippen LogP contribution in [-0.2, 0) is 11.8 Å². The standard InChI is InChI=1S/C16H23N3O/c1-17-14(11-12-7-9-20-10-8-12)16-13-5-3-4-6-15(13)19(2)18-16/h3-6,12,14,17H,7-11H2,1-2H3. The molecule has 3 rings (SSSR count). The van der Waals surface area contributed by atoms with Crippen LogP contribution in [0, 0.1) is 5.92 Å². The van der Waals surface area contributed by atoms with Crippen LogP contribution in [0.3, 0.4) is 0 Å². The molecule has 108 valence electrons. The molecule has 0 saturated carbocycles. The van der Waals surface area contributed by atoms with Crippen LogP contribution < -0.4 is 5.32 Å². The van der Waals surface area contributed by atoms with Crippen LogP contribution in [0.1, 0.15) is 31.0 Å². The Hall–Kier alpha value is -1.39. The second-order valence-electron chi connectivity index (χ2n) is 5.66. The SMILES string of the molecule is CNC(CC1CCOCC1)c1nn(C)c2ccccc12. The molecule has 1 aliphatic heterocycles. The van der Waals surface area contributed by atoms with E-state index in [4.69, 9.17) is 9.84 Å². The number of aryl methyl sites for hydroxylation is 1. The Bertz CT molecular complexity index is 572. The summed E-state index contributed by atoms with van der Waals surface area (Å²) >= 11 is 0. The van der Waals surface area contributed by atoms with Crippen molar-refractivity contribution in [2.45, 2.75) is 25.3 Å². The lowest BCUT2D eigenvalue weighted by molar-refractivity contribution is 0.0607. The van der Waals surface area contributed by atoms with Crippen molar-refractivity contribution < 1.29 is 4.74 Å². The van der Waals surface area contributed by atoms with Gasteiger partial charge in [-0.3, -0.25) is 4.68 Å². The van der Waals surface area contributed by atoms with Gasteiger partial charge in [0, 0.05) is 25.6 Å². The van der Waals surface area contributed by atoms with Gasteiger partial charge >= 0.3 is 0 Å². The zero-order valence-electron chi connectivity index (χ0n) is 12.3. The summed E-state index contributed by atoms with van der Waals surface area (Å²) in [4.78, 5) is 0.